The molecule has 0 atom stereocenters. The number of carbonyl (C=O) groups excluding carboxylic acids is 1. The molecule has 0 unspecified atom stereocenters. The number of halogens is 1. The molecule has 222 valence electrons. The van der Waals surface area contributed by atoms with Crippen LogP contribution in [-0.2, 0) is 0 Å². The van der Waals surface area contributed by atoms with E-state index in [9.17, 15) is 4.79 Å². The molecule has 0 saturated carbocycles. The molecule has 3 aromatic rings. The number of carbonyl (C=O) groups is 1. The molecule has 0 radical (unpaired) electrons. The largest absolute Gasteiger partial charge is 0.493 e. The summed E-state index contributed by atoms with van der Waals surface area (Å²) in [5.74, 6) is 2.39. The number of likely N-dealkylation sites (N-methyl/N-ethyl adjacent to an activating group) is 1. The van der Waals surface area contributed by atoms with Crippen molar-refractivity contribution in [2.75, 3.05) is 65.3 Å². The lowest BCUT2D eigenvalue weighted by Crippen LogP contribution is -2.32. The smallest absolute Gasteiger partial charge is 0.319 e. The van der Waals surface area contributed by atoms with Crippen molar-refractivity contribution in [3.63, 3.8) is 0 Å². The Morgan fingerprint density at radius 2 is 1.88 bits per heavy atom. The number of anilines is 1. The third kappa shape index (κ3) is 9.11. The summed E-state index contributed by atoms with van der Waals surface area (Å²) in [4.78, 5) is 21.6. The van der Waals surface area contributed by atoms with Crippen LogP contribution in [0.1, 0.15) is 33.6 Å². The van der Waals surface area contributed by atoms with Gasteiger partial charge in [0.25, 0.3) is 0 Å². The topological polar surface area (TPSA) is 88.2 Å². The molecule has 1 saturated heterocycles. The maximum absolute atomic E-state index is 12.3. The monoisotopic (exact) mass is 583 g/mol. The fourth-order valence-corrected chi connectivity index (χ4v) is 4.82. The summed E-state index contributed by atoms with van der Waals surface area (Å²) < 4.78 is 18.0. The number of ether oxygens (including phenoxy) is 3. The predicted octanol–water partition coefficient (Wildman–Crippen LogP) is 6.26. The molecule has 0 spiro atoms. The summed E-state index contributed by atoms with van der Waals surface area (Å²) in [6, 6.07) is 10.4. The van der Waals surface area contributed by atoms with E-state index in [1.165, 1.54) is 6.42 Å². The van der Waals surface area contributed by atoms with E-state index in [0.29, 0.717) is 46.9 Å². The lowest BCUT2D eigenvalue weighted by Gasteiger charge is -2.20. The van der Waals surface area contributed by atoms with Crippen molar-refractivity contribution in [2.24, 2.45) is 5.41 Å². The van der Waals surface area contributed by atoms with Crippen molar-refractivity contribution in [1.29, 1.82) is 0 Å². The Bertz CT molecular complexity index is 1330. The highest BCUT2D eigenvalue weighted by atomic mass is 35.5. The molecule has 1 fully saturated rings. The summed E-state index contributed by atoms with van der Waals surface area (Å²) in [7, 11) is 3.79. The molecule has 10 heteroatoms. The van der Waals surface area contributed by atoms with Gasteiger partial charge < -0.3 is 29.7 Å². The molecule has 9 nitrogen and oxygen atoms in total. The maximum atomic E-state index is 12.3. The summed E-state index contributed by atoms with van der Waals surface area (Å²) in [6.45, 7) is 12.7. The molecule has 1 aliphatic heterocycles. The quantitative estimate of drug-likeness (QED) is 0.291. The van der Waals surface area contributed by atoms with Crippen LogP contribution in [0.2, 0.25) is 5.02 Å². The van der Waals surface area contributed by atoms with Gasteiger partial charge in [0, 0.05) is 49.9 Å². The first kappa shape index (κ1) is 30.7. The Kier molecular flexibility index (Phi) is 10.5. The summed E-state index contributed by atoms with van der Waals surface area (Å²) in [5.41, 5.74) is 1.37. The van der Waals surface area contributed by atoms with Gasteiger partial charge in [0.05, 0.1) is 23.3 Å². The second-order valence-electron chi connectivity index (χ2n) is 11.6. The molecule has 1 aromatic heterocycles. The molecular formula is C31H42ClN5O4. The molecule has 1 aliphatic rings. The fourth-order valence-electron chi connectivity index (χ4n) is 4.60. The highest BCUT2D eigenvalue weighted by Gasteiger charge is 2.16. The van der Waals surface area contributed by atoms with Crippen molar-refractivity contribution in [3.05, 3.63) is 47.6 Å². The van der Waals surface area contributed by atoms with Gasteiger partial charge in [-0.25, -0.2) is 4.79 Å². The van der Waals surface area contributed by atoms with E-state index in [2.05, 4.69) is 53.2 Å². The highest BCUT2D eigenvalue weighted by Crippen LogP contribution is 2.38. The Hall–Kier alpha value is -3.27. The Labute approximate surface area is 248 Å². The van der Waals surface area contributed by atoms with E-state index >= 15 is 0 Å². The second kappa shape index (κ2) is 14.1. The minimum atomic E-state index is -0.297. The zero-order valence-electron chi connectivity index (χ0n) is 24.8. The lowest BCUT2D eigenvalue weighted by atomic mass is 9.92. The van der Waals surface area contributed by atoms with Crippen LogP contribution in [-0.4, -0.2) is 80.8 Å². The van der Waals surface area contributed by atoms with Crippen LogP contribution in [0.15, 0.2) is 42.6 Å². The van der Waals surface area contributed by atoms with Crippen LogP contribution in [0.25, 0.3) is 10.9 Å². The number of benzene rings is 2. The first-order chi connectivity index (χ1) is 19.6. The number of urea groups is 1. The average molecular weight is 584 g/mol. The van der Waals surface area contributed by atoms with E-state index < -0.39 is 0 Å². The molecule has 2 N–H and O–H groups in total. The maximum Gasteiger partial charge on any atom is 0.319 e. The van der Waals surface area contributed by atoms with Crippen LogP contribution in [0.4, 0.5) is 10.5 Å². The standard InChI is InChI=1S/C31H42ClN5O4/c1-31(2,3)10-12-34-30(38)35-25-8-7-22(19-24(25)32)41-27-9-11-33-26-21-29(28(39-5)20-23(26)27)40-18-17-37-14-6-13-36(4)15-16-37/h7-9,11,19-21H,6,10,12-18H2,1-5H3,(H2,34,35,38). The number of nitrogens with zero attached hydrogens (tertiary/aromatic N) is 3. The highest BCUT2D eigenvalue weighted by molar-refractivity contribution is 6.33. The number of methoxy groups -OCH3 is 1. The number of rotatable bonds is 10. The lowest BCUT2D eigenvalue weighted by molar-refractivity contribution is 0.208. The Morgan fingerprint density at radius 3 is 2.63 bits per heavy atom. The number of aromatic nitrogens is 1. The number of fused-ring (bicyclic) bond motifs is 1. The molecule has 4 rings (SSSR count). The zero-order valence-corrected chi connectivity index (χ0v) is 25.5. The van der Waals surface area contributed by atoms with E-state index in [1.54, 1.807) is 37.6 Å². The van der Waals surface area contributed by atoms with E-state index in [-0.39, 0.29) is 11.4 Å². The molecule has 0 aliphatic carbocycles. The Balaban J connectivity index is 1.41. The van der Waals surface area contributed by atoms with Gasteiger partial charge in [-0.15, -0.1) is 0 Å². The van der Waals surface area contributed by atoms with Crippen molar-refractivity contribution in [2.45, 2.75) is 33.6 Å². The van der Waals surface area contributed by atoms with Gasteiger partial charge in [-0.2, -0.15) is 0 Å². The van der Waals surface area contributed by atoms with E-state index in [1.807, 2.05) is 12.1 Å². The first-order valence-corrected chi connectivity index (χ1v) is 14.5. The normalized spacial score (nSPS) is 14.9. The number of pyridine rings is 1. The molecule has 0 bridgehead atoms. The van der Waals surface area contributed by atoms with Crippen LogP contribution in [0.3, 0.4) is 0 Å². The molecule has 2 amide bonds. The summed E-state index contributed by atoms with van der Waals surface area (Å²) >= 11 is 6.48. The van der Waals surface area contributed by atoms with Crippen molar-refractivity contribution in [1.82, 2.24) is 20.1 Å². The van der Waals surface area contributed by atoms with Crippen LogP contribution in [0, 0.1) is 5.41 Å². The average Bonchev–Trinajstić information content (AvgIpc) is 3.13. The Morgan fingerprint density at radius 1 is 1.05 bits per heavy atom. The summed E-state index contributed by atoms with van der Waals surface area (Å²) in [5, 5.41) is 6.82. The first-order valence-electron chi connectivity index (χ1n) is 14.1. The minimum Gasteiger partial charge on any atom is -0.493 e. The summed E-state index contributed by atoms with van der Waals surface area (Å²) in [6.07, 6.45) is 3.73. The van der Waals surface area contributed by atoms with Crippen molar-refractivity contribution < 1.29 is 19.0 Å². The van der Waals surface area contributed by atoms with Crippen molar-refractivity contribution >= 4 is 34.2 Å². The predicted molar refractivity (Wildman–Crippen MR) is 165 cm³/mol. The number of hydrogen-bond donors (Lipinski definition) is 2. The molecule has 2 heterocycles. The van der Waals surface area contributed by atoms with E-state index in [0.717, 1.165) is 50.0 Å². The van der Waals surface area contributed by atoms with Gasteiger partial charge in [-0.3, -0.25) is 9.88 Å². The second-order valence-corrected chi connectivity index (χ2v) is 12.0. The van der Waals surface area contributed by atoms with Gasteiger partial charge in [-0.1, -0.05) is 32.4 Å². The van der Waals surface area contributed by atoms with Gasteiger partial charge >= 0.3 is 6.03 Å². The van der Waals surface area contributed by atoms with Crippen LogP contribution in [0.5, 0.6) is 23.0 Å². The number of amides is 2. The van der Waals surface area contributed by atoms with Gasteiger partial charge in [0.2, 0.25) is 0 Å². The molecule has 41 heavy (non-hydrogen) atoms. The molecule has 2 aromatic carbocycles. The fraction of sp³-hybridized carbons (Fsp3) is 0.484. The van der Waals surface area contributed by atoms with E-state index in [4.69, 9.17) is 25.8 Å². The van der Waals surface area contributed by atoms with Crippen molar-refractivity contribution in [3.8, 4) is 23.0 Å². The van der Waals surface area contributed by atoms with Crippen LogP contribution >= 0.6 is 11.6 Å². The van der Waals surface area contributed by atoms with Gasteiger partial charge in [0.15, 0.2) is 11.5 Å². The molecular weight excluding hydrogens is 542 g/mol. The third-order valence-electron chi connectivity index (χ3n) is 7.04. The SMILES string of the molecule is COc1cc2c(Oc3ccc(NC(=O)NCCC(C)(C)C)c(Cl)c3)ccnc2cc1OCCN1CCCN(C)CC1. The third-order valence-corrected chi connectivity index (χ3v) is 7.35. The van der Waals surface area contributed by atoms with Crippen LogP contribution < -0.4 is 24.8 Å². The van der Waals surface area contributed by atoms with Gasteiger partial charge in [-0.05, 0) is 62.7 Å². The number of hydrogen-bond acceptors (Lipinski definition) is 7. The minimum absolute atomic E-state index is 0.143. The van der Waals surface area contributed by atoms with Gasteiger partial charge in [0.1, 0.15) is 18.1 Å². The zero-order chi connectivity index (χ0) is 29.4. The number of nitrogens with one attached hydrogen (secondary N) is 2.